The van der Waals surface area contributed by atoms with E-state index in [-0.39, 0.29) is 0 Å². The van der Waals surface area contributed by atoms with Crippen LogP contribution in [0.3, 0.4) is 0 Å². The molecule has 4 nitrogen and oxygen atoms in total. The van der Waals surface area contributed by atoms with E-state index < -0.39 is 0 Å². The lowest BCUT2D eigenvalue weighted by Gasteiger charge is -2.32. The molecule has 1 aromatic heterocycles. The van der Waals surface area contributed by atoms with Gasteiger partial charge in [0.1, 0.15) is 0 Å². The number of nitrogens with two attached hydrogens (primary N) is 1. The molecule has 0 amide bonds. The molecule has 0 unspecified atom stereocenters. The highest BCUT2D eigenvalue weighted by Crippen LogP contribution is 2.32. The van der Waals surface area contributed by atoms with Gasteiger partial charge in [-0.1, -0.05) is 6.42 Å². The Balaban J connectivity index is 2.22. The zero-order valence-electron chi connectivity index (χ0n) is 11.4. The van der Waals surface area contributed by atoms with E-state index in [1.807, 2.05) is 11.6 Å². The summed E-state index contributed by atoms with van der Waals surface area (Å²) in [6.07, 6.45) is 4.11. The summed E-state index contributed by atoms with van der Waals surface area (Å²) in [7, 11) is 2.13. The maximum absolute atomic E-state index is 6.15. The molecule has 0 atom stereocenters. The van der Waals surface area contributed by atoms with Crippen LogP contribution in [0.2, 0.25) is 0 Å². The van der Waals surface area contributed by atoms with Gasteiger partial charge in [0.25, 0.3) is 0 Å². The van der Waals surface area contributed by atoms with Crippen LogP contribution in [0.5, 0.6) is 0 Å². The average molecular weight is 236 g/mol. The summed E-state index contributed by atoms with van der Waals surface area (Å²) in [5, 5.41) is 4.53. The number of aromatic nitrogens is 2. The first-order valence-corrected chi connectivity index (χ1v) is 6.56. The molecule has 0 aromatic carbocycles. The van der Waals surface area contributed by atoms with Gasteiger partial charge in [-0.25, -0.2) is 4.68 Å². The Morgan fingerprint density at radius 1 is 1.47 bits per heavy atom. The minimum absolute atomic E-state index is 0.352. The van der Waals surface area contributed by atoms with E-state index in [0.29, 0.717) is 6.04 Å². The first-order chi connectivity index (χ1) is 8.00. The first kappa shape index (κ1) is 12.3. The number of aryl methyl sites for hydroxylation is 1. The molecule has 0 aliphatic heterocycles. The van der Waals surface area contributed by atoms with Gasteiger partial charge in [0.15, 0.2) is 5.82 Å². The number of anilines is 2. The van der Waals surface area contributed by atoms with Crippen LogP contribution in [0.25, 0.3) is 0 Å². The van der Waals surface area contributed by atoms with Crippen LogP contribution in [0, 0.1) is 12.8 Å². The molecule has 17 heavy (non-hydrogen) atoms. The molecule has 1 aromatic rings. The molecule has 1 heterocycles. The molecule has 0 saturated heterocycles. The minimum Gasteiger partial charge on any atom is -0.394 e. The maximum Gasteiger partial charge on any atom is 0.150 e. The van der Waals surface area contributed by atoms with E-state index in [0.717, 1.165) is 29.7 Å². The van der Waals surface area contributed by atoms with Crippen LogP contribution >= 0.6 is 0 Å². The van der Waals surface area contributed by atoms with Gasteiger partial charge in [-0.15, -0.1) is 0 Å². The fourth-order valence-corrected chi connectivity index (χ4v) is 2.44. The van der Waals surface area contributed by atoms with E-state index in [1.54, 1.807) is 0 Å². The smallest absolute Gasteiger partial charge is 0.150 e. The van der Waals surface area contributed by atoms with Crippen LogP contribution in [0.4, 0.5) is 11.5 Å². The lowest BCUT2D eigenvalue weighted by molar-refractivity contribution is 0.319. The summed E-state index contributed by atoms with van der Waals surface area (Å²) in [5.74, 6) is 1.93. The highest BCUT2D eigenvalue weighted by molar-refractivity contribution is 5.66. The van der Waals surface area contributed by atoms with E-state index in [2.05, 4.69) is 30.9 Å². The third-order valence-corrected chi connectivity index (χ3v) is 3.71. The van der Waals surface area contributed by atoms with Gasteiger partial charge in [0.2, 0.25) is 0 Å². The Labute approximate surface area is 104 Å². The monoisotopic (exact) mass is 236 g/mol. The number of hydrogen-bond acceptors (Lipinski definition) is 3. The zero-order chi connectivity index (χ0) is 12.6. The third-order valence-electron chi connectivity index (χ3n) is 3.71. The number of rotatable bonds is 4. The molecule has 1 aliphatic rings. The van der Waals surface area contributed by atoms with Crippen molar-refractivity contribution in [3.63, 3.8) is 0 Å². The van der Waals surface area contributed by atoms with Gasteiger partial charge in [-0.05, 0) is 39.5 Å². The van der Waals surface area contributed by atoms with Gasteiger partial charge in [0, 0.05) is 19.6 Å². The Bertz CT molecular complexity index is 390. The topological polar surface area (TPSA) is 47.1 Å². The summed E-state index contributed by atoms with van der Waals surface area (Å²) < 4.78 is 2.04. The second kappa shape index (κ2) is 4.59. The van der Waals surface area contributed by atoms with Crippen molar-refractivity contribution < 1.29 is 0 Å². The van der Waals surface area contributed by atoms with E-state index in [9.17, 15) is 0 Å². The summed E-state index contributed by atoms with van der Waals surface area (Å²) in [4.78, 5) is 2.28. The molecule has 96 valence electrons. The lowest BCUT2D eigenvalue weighted by Crippen LogP contribution is -2.31. The SMILES string of the molecule is Cc1nn(C(C)C)c(N(C)CC2CCC2)c1N. The van der Waals surface area contributed by atoms with Gasteiger partial charge in [0.05, 0.1) is 11.4 Å². The number of hydrogen-bond donors (Lipinski definition) is 1. The largest absolute Gasteiger partial charge is 0.394 e. The number of nitrogen functional groups attached to an aromatic ring is 1. The third kappa shape index (κ3) is 2.26. The van der Waals surface area contributed by atoms with Crippen LogP contribution in [0.1, 0.15) is 44.8 Å². The standard InChI is InChI=1S/C13H24N4/c1-9(2)17-13(12(14)10(3)15-17)16(4)8-11-6-5-7-11/h9,11H,5-8,14H2,1-4H3. The van der Waals surface area contributed by atoms with Crippen molar-refractivity contribution in [2.75, 3.05) is 24.2 Å². The fraction of sp³-hybridized carbons (Fsp3) is 0.769. The van der Waals surface area contributed by atoms with Gasteiger partial charge >= 0.3 is 0 Å². The molecule has 0 spiro atoms. The van der Waals surface area contributed by atoms with Crippen LogP contribution in [-0.2, 0) is 0 Å². The van der Waals surface area contributed by atoms with Crippen molar-refractivity contribution in [1.29, 1.82) is 0 Å². The van der Waals surface area contributed by atoms with E-state index in [1.165, 1.54) is 19.3 Å². The summed E-state index contributed by atoms with van der Waals surface area (Å²) in [6.45, 7) is 7.37. The molecule has 0 bridgehead atoms. The molecule has 1 fully saturated rings. The summed E-state index contributed by atoms with van der Waals surface area (Å²) >= 11 is 0. The molecular weight excluding hydrogens is 212 g/mol. The van der Waals surface area contributed by atoms with Crippen molar-refractivity contribution in [2.45, 2.75) is 46.1 Å². The van der Waals surface area contributed by atoms with Crippen LogP contribution in [0.15, 0.2) is 0 Å². The summed E-state index contributed by atoms with van der Waals surface area (Å²) in [5.41, 5.74) is 7.93. The maximum atomic E-state index is 6.15. The van der Waals surface area contributed by atoms with Crippen molar-refractivity contribution in [3.05, 3.63) is 5.69 Å². The first-order valence-electron chi connectivity index (χ1n) is 6.56. The molecule has 2 rings (SSSR count). The summed E-state index contributed by atoms with van der Waals surface area (Å²) in [6, 6.07) is 0.352. The Hall–Kier alpha value is -1.19. The normalized spacial score (nSPS) is 16.3. The predicted molar refractivity (Wildman–Crippen MR) is 72.4 cm³/mol. The highest BCUT2D eigenvalue weighted by Gasteiger charge is 2.23. The molecule has 1 saturated carbocycles. The second-order valence-corrected chi connectivity index (χ2v) is 5.54. The molecule has 0 radical (unpaired) electrons. The van der Waals surface area contributed by atoms with Crippen molar-refractivity contribution in [3.8, 4) is 0 Å². The lowest BCUT2D eigenvalue weighted by atomic mass is 9.85. The molecule has 4 heteroatoms. The van der Waals surface area contributed by atoms with Crippen molar-refractivity contribution in [1.82, 2.24) is 9.78 Å². The van der Waals surface area contributed by atoms with Crippen molar-refractivity contribution >= 4 is 11.5 Å². The fourth-order valence-electron chi connectivity index (χ4n) is 2.44. The molecule has 2 N–H and O–H groups in total. The van der Waals surface area contributed by atoms with Crippen LogP contribution < -0.4 is 10.6 Å². The minimum atomic E-state index is 0.352. The molecule has 1 aliphatic carbocycles. The van der Waals surface area contributed by atoms with E-state index >= 15 is 0 Å². The van der Waals surface area contributed by atoms with E-state index in [4.69, 9.17) is 5.73 Å². The van der Waals surface area contributed by atoms with Crippen molar-refractivity contribution in [2.24, 2.45) is 5.92 Å². The Morgan fingerprint density at radius 3 is 2.59 bits per heavy atom. The Kier molecular flexibility index (Phi) is 3.31. The quantitative estimate of drug-likeness (QED) is 0.874. The predicted octanol–water partition coefficient (Wildman–Crippen LogP) is 2.59. The highest BCUT2D eigenvalue weighted by atomic mass is 15.4. The second-order valence-electron chi connectivity index (χ2n) is 5.54. The average Bonchev–Trinajstić information content (AvgIpc) is 2.50. The van der Waals surface area contributed by atoms with Gasteiger partial charge in [-0.3, -0.25) is 0 Å². The molecular formula is C13H24N4. The van der Waals surface area contributed by atoms with Gasteiger partial charge < -0.3 is 10.6 Å². The van der Waals surface area contributed by atoms with Gasteiger partial charge in [-0.2, -0.15) is 5.10 Å². The Morgan fingerprint density at radius 2 is 2.12 bits per heavy atom. The number of nitrogens with zero attached hydrogens (tertiary/aromatic N) is 3. The zero-order valence-corrected chi connectivity index (χ0v) is 11.4. The van der Waals surface area contributed by atoms with Crippen LogP contribution in [-0.4, -0.2) is 23.4 Å².